The number of aryl methyl sites for hydroxylation is 1. The van der Waals surface area contributed by atoms with E-state index < -0.39 is 0 Å². The van der Waals surface area contributed by atoms with Gasteiger partial charge >= 0.3 is 0 Å². The minimum absolute atomic E-state index is 0.0301. The van der Waals surface area contributed by atoms with E-state index in [-0.39, 0.29) is 5.56 Å². The molecule has 1 saturated carbocycles. The number of hydrogen-bond acceptors (Lipinski definition) is 2. The van der Waals surface area contributed by atoms with Gasteiger partial charge in [-0.15, -0.1) is 0 Å². The molecule has 1 aromatic rings. The average molecular weight is 139 g/mol. The summed E-state index contributed by atoms with van der Waals surface area (Å²) < 4.78 is 6.49. The third-order valence-corrected chi connectivity index (χ3v) is 1.76. The second-order valence-corrected chi connectivity index (χ2v) is 2.77. The Balaban J connectivity index is 2.50. The van der Waals surface area contributed by atoms with Crippen LogP contribution in [0.3, 0.4) is 0 Å². The molecule has 2 rings (SSSR count). The molecule has 3 nitrogen and oxygen atoms in total. The summed E-state index contributed by atoms with van der Waals surface area (Å²) in [6.45, 7) is 1.77. The maximum absolute atomic E-state index is 11.1. The molecular formula is C7H9NO2. The summed E-state index contributed by atoms with van der Waals surface area (Å²) in [5.74, 6) is 0. The predicted molar refractivity (Wildman–Crippen MR) is 36.0 cm³/mol. The van der Waals surface area contributed by atoms with Crippen LogP contribution in [0.15, 0.2) is 15.6 Å². The van der Waals surface area contributed by atoms with Gasteiger partial charge in [-0.3, -0.25) is 4.79 Å². The monoisotopic (exact) mass is 139 g/mol. The maximum Gasteiger partial charge on any atom is 0.285 e. The average Bonchev–Trinajstić information content (AvgIpc) is 2.67. The highest BCUT2D eigenvalue weighted by Crippen LogP contribution is 2.33. The van der Waals surface area contributed by atoms with Crippen LogP contribution in [0.4, 0.5) is 0 Å². The summed E-state index contributed by atoms with van der Waals surface area (Å²) in [6, 6.07) is 0.362. The molecule has 0 aliphatic heterocycles. The van der Waals surface area contributed by atoms with Crippen LogP contribution in [-0.2, 0) is 0 Å². The van der Waals surface area contributed by atoms with E-state index in [4.69, 9.17) is 4.52 Å². The molecule has 54 valence electrons. The van der Waals surface area contributed by atoms with Crippen LogP contribution in [0.25, 0.3) is 0 Å². The Morgan fingerprint density at radius 1 is 1.70 bits per heavy atom. The summed E-state index contributed by atoms with van der Waals surface area (Å²) in [4.78, 5) is 11.1. The number of rotatable bonds is 1. The van der Waals surface area contributed by atoms with Crippen molar-refractivity contribution in [3.63, 3.8) is 0 Å². The highest BCUT2D eigenvalue weighted by Gasteiger charge is 2.27. The zero-order valence-electron chi connectivity index (χ0n) is 5.83. The van der Waals surface area contributed by atoms with Crippen molar-refractivity contribution in [2.75, 3.05) is 0 Å². The molecular weight excluding hydrogens is 130 g/mol. The minimum atomic E-state index is 0.0301. The molecule has 1 aliphatic rings. The van der Waals surface area contributed by atoms with Gasteiger partial charge in [0.15, 0.2) is 0 Å². The summed E-state index contributed by atoms with van der Waals surface area (Å²) in [6.07, 6.45) is 3.69. The lowest BCUT2D eigenvalue weighted by Gasteiger charge is -1.90. The highest BCUT2D eigenvalue weighted by molar-refractivity contribution is 5.00. The zero-order chi connectivity index (χ0) is 7.14. The van der Waals surface area contributed by atoms with Crippen LogP contribution in [-0.4, -0.2) is 4.74 Å². The molecule has 0 aromatic carbocycles. The van der Waals surface area contributed by atoms with E-state index in [9.17, 15) is 4.79 Å². The Hall–Kier alpha value is -0.990. The van der Waals surface area contributed by atoms with Crippen LogP contribution in [0.2, 0.25) is 0 Å². The minimum Gasteiger partial charge on any atom is -0.384 e. The maximum atomic E-state index is 11.1. The molecule has 0 unspecified atom stereocenters. The Kier molecular flexibility index (Phi) is 1.01. The quantitative estimate of drug-likeness (QED) is 0.583. The Morgan fingerprint density at radius 2 is 2.40 bits per heavy atom. The van der Waals surface area contributed by atoms with Crippen molar-refractivity contribution in [1.82, 2.24) is 4.74 Å². The van der Waals surface area contributed by atoms with Crippen molar-refractivity contribution in [3.8, 4) is 0 Å². The molecule has 0 bridgehead atoms. The van der Waals surface area contributed by atoms with Gasteiger partial charge in [-0.2, -0.15) is 4.74 Å². The first-order valence-electron chi connectivity index (χ1n) is 3.46. The first kappa shape index (κ1) is 5.77. The van der Waals surface area contributed by atoms with Crippen molar-refractivity contribution in [3.05, 3.63) is 22.2 Å². The van der Waals surface area contributed by atoms with E-state index in [1.807, 2.05) is 0 Å². The number of nitrogens with zero attached hydrogens (tertiary/aromatic N) is 1. The molecule has 3 heteroatoms. The molecule has 0 atom stereocenters. The lowest BCUT2D eigenvalue weighted by atomic mass is 10.4. The molecule has 1 fully saturated rings. The van der Waals surface area contributed by atoms with Crippen LogP contribution in [0.1, 0.15) is 24.4 Å². The van der Waals surface area contributed by atoms with E-state index in [1.165, 1.54) is 11.0 Å². The fraction of sp³-hybridized carbons (Fsp3) is 0.571. The SMILES string of the molecule is Cc1con(C2CC2)c1=O. The largest absolute Gasteiger partial charge is 0.384 e. The van der Waals surface area contributed by atoms with Gasteiger partial charge in [-0.1, -0.05) is 0 Å². The van der Waals surface area contributed by atoms with Gasteiger partial charge in [0.05, 0.1) is 11.6 Å². The van der Waals surface area contributed by atoms with Crippen LogP contribution < -0.4 is 5.56 Å². The Morgan fingerprint density at radius 3 is 2.80 bits per heavy atom. The van der Waals surface area contributed by atoms with Crippen molar-refractivity contribution < 1.29 is 4.52 Å². The van der Waals surface area contributed by atoms with E-state index in [2.05, 4.69) is 0 Å². The molecule has 1 aliphatic carbocycles. The summed E-state index contributed by atoms with van der Waals surface area (Å²) >= 11 is 0. The summed E-state index contributed by atoms with van der Waals surface area (Å²) in [5.41, 5.74) is 0.731. The summed E-state index contributed by atoms with van der Waals surface area (Å²) in [5, 5.41) is 0. The third kappa shape index (κ3) is 0.701. The van der Waals surface area contributed by atoms with E-state index >= 15 is 0 Å². The van der Waals surface area contributed by atoms with Gasteiger partial charge in [0.2, 0.25) is 0 Å². The van der Waals surface area contributed by atoms with Crippen LogP contribution in [0.5, 0.6) is 0 Å². The standard InChI is InChI=1S/C7H9NO2/c1-5-4-10-8(7(5)9)6-2-3-6/h4,6H,2-3H2,1H3. The van der Waals surface area contributed by atoms with E-state index in [0.717, 1.165) is 12.8 Å². The lowest BCUT2D eigenvalue weighted by molar-refractivity contribution is 0.262. The first-order valence-corrected chi connectivity index (χ1v) is 3.46. The van der Waals surface area contributed by atoms with Crippen molar-refractivity contribution >= 4 is 0 Å². The molecule has 10 heavy (non-hydrogen) atoms. The first-order chi connectivity index (χ1) is 4.79. The van der Waals surface area contributed by atoms with Crippen molar-refractivity contribution in [2.24, 2.45) is 0 Å². The fourth-order valence-corrected chi connectivity index (χ4v) is 0.969. The second kappa shape index (κ2) is 1.75. The lowest BCUT2D eigenvalue weighted by Crippen LogP contribution is -2.14. The number of hydrogen-bond donors (Lipinski definition) is 0. The van der Waals surface area contributed by atoms with Crippen LogP contribution >= 0.6 is 0 Å². The van der Waals surface area contributed by atoms with Gasteiger partial charge in [0.1, 0.15) is 6.26 Å². The highest BCUT2D eigenvalue weighted by atomic mass is 16.5. The van der Waals surface area contributed by atoms with E-state index in [1.54, 1.807) is 6.92 Å². The van der Waals surface area contributed by atoms with Gasteiger partial charge in [-0.05, 0) is 19.8 Å². The van der Waals surface area contributed by atoms with Crippen molar-refractivity contribution in [2.45, 2.75) is 25.8 Å². The fourth-order valence-electron chi connectivity index (χ4n) is 0.969. The Labute approximate surface area is 58.2 Å². The normalized spacial score (nSPS) is 17.7. The molecule has 0 N–H and O–H groups in total. The van der Waals surface area contributed by atoms with Gasteiger partial charge in [-0.25, -0.2) is 0 Å². The topological polar surface area (TPSA) is 35.1 Å². The molecule has 1 heterocycles. The van der Waals surface area contributed by atoms with Crippen LogP contribution in [0, 0.1) is 6.92 Å². The smallest absolute Gasteiger partial charge is 0.285 e. The molecule has 0 amide bonds. The van der Waals surface area contributed by atoms with Crippen molar-refractivity contribution in [1.29, 1.82) is 0 Å². The third-order valence-electron chi connectivity index (χ3n) is 1.76. The van der Waals surface area contributed by atoms with Gasteiger partial charge < -0.3 is 4.52 Å². The molecule has 1 aromatic heterocycles. The van der Waals surface area contributed by atoms with Gasteiger partial charge in [0, 0.05) is 0 Å². The molecule has 0 saturated heterocycles. The Bertz CT molecular complexity index is 293. The van der Waals surface area contributed by atoms with Gasteiger partial charge in [0.25, 0.3) is 5.56 Å². The summed E-state index contributed by atoms with van der Waals surface area (Å²) in [7, 11) is 0. The predicted octanol–water partition coefficient (Wildman–Crippen LogP) is 1.08. The zero-order valence-corrected chi connectivity index (χ0v) is 5.83. The molecule has 0 radical (unpaired) electrons. The number of aromatic nitrogens is 1. The molecule has 0 spiro atoms. The van der Waals surface area contributed by atoms with E-state index in [0.29, 0.717) is 11.6 Å². The second-order valence-electron chi connectivity index (χ2n) is 2.77.